The number of carbonyl (C=O) groups excluding carboxylic acids is 1. The minimum atomic E-state index is 0.232. The van der Waals surface area contributed by atoms with E-state index in [9.17, 15) is 4.79 Å². The predicted molar refractivity (Wildman–Crippen MR) is 89.0 cm³/mol. The summed E-state index contributed by atoms with van der Waals surface area (Å²) in [7, 11) is 0. The van der Waals surface area contributed by atoms with Crippen LogP contribution in [0.2, 0.25) is 0 Å². The van der Waals surface area contributed by atoms with E-state index in [1.165, 1.54) is 36.8 Å². The first-order valence-electron chi connectivity index (χ1n) is 8.65. The van der Waals surface area contributed by atoms with Crippen LogP contribution in [-0.2, 0) is 11.3 Å². The molecule has 0 spiro atoms. The molecule has 0 radical (unpaired) electrons. The summed E-state index contributed by atoms with van der Waals surface area (Å²) in [4.78, 5) is 16.5. The summed E-state index contributed by atoms with van der Waals surface area (Å²) < 4.78 is 1.94. The highest BCUT2D eigenvalue weighted by molar-refractivity contribution is 5.74. The highest BCUT2D eigenvalue weighted by Crippen LogP contribution is 2.30. The standard InChI is InChI=1S/C18H24N4O/c1-14(23)21(16-7-8-16)13-17-5-4-9-20(17)12-15-11-19-22-10-3-2-6-18(15)22/h2-3,6,10-11,16-17H,4-5,7-9,12-13H2,1H3/t17-/m1/s1. The molecule has 4 rings (SSSR count). The van der Waals surface area contributed by atoms with E-state index < -0.39 is 0 Å². The second-order valence-corrected chi connectivity index (χ2v) is 6.87. The summed E-state index contributed by atoms with van der Waals surface area (Å²) >= 11 is 0. The van der Waals surface area contributed by atoms with Gasteiger partial charge in [0.25, 0.3) is 0 Å². The third-order valence-corrected chi connectivity index (χ3v) is 5.18. The van der Waals surface area contributed by atoms with Gasteiger partial charge < -0.3 is 4.90 Å². The lowest BCUT2D eigenvalue weighted by Gasteiger charge is -2.30. The normalized spacial score (nSPS) is 21.9. The van der Waals surface area contributed by atoms with Crippen molar-refractivity contribution in [3.05, 3.63) is 36.2 Å². The maximum Gasteiger partial charge on any atom is 0.219 e. The lowest BCUT2D eigenvalue weighted by atomic mass is 10.2. The van der Waals surface area contributed by atoms with Crippen LogP contribution in [0.15, 0.2) is 30.6 Å². The zero-order valence-electron chi connectivity index (χ0n) is 13.7. The second kappa shape index (κ2) is 5.96. The van der Waals surface area contributed by atoms with Gasteiger partial charge in [-0.1, -0.05) is 6.07 Å². The molecule has 1 atom stereocenters. The van der Waals surface area contributed by atoms with Gasteiger partial charge in [-0.25, -0.2) is 4.52 Å². The Bertz CT molecular complexity index is 706. The van der Waals surface area contributed by atoms with E-state index in [0.717, 1.165) is 19.6 Å². The van der Waals surface area contributed by atoms with Crippen molar-refractivity contribution in [1.29, 1.82) is 0 Å². The number of hydrogen-bond acceptors (Lipinski definition) is 3. The van der Waals surface area contributed by atoms with E-state index in [2.05, 4.69) is 27.0 Å². The van der Waals surface area contributed by atoms with Crippen molar-refractivity contribution >= 4 is 11.4 Å². The Balaban J connectivity index is 1.48. The van der Waals surface area contributed by atoms with E-state index in [1.54, 1.807) is 6.92 Å². The van der Waals surface area contributed by atoms with Crippen molar-refractivity contribution in [2.24, 2.45) is 0 Å². The van der Waals surface area contributed by atoms with E-state index in [4.69, 9.17) is 0 Å². The molecule has 0 unspecified atom stereocenters. The minimum Gasteiger partial charge on any atom is -0.338 e. The summed E-state index contributed by atoms with van der Waals surface area (Å²) in [5.74, 6) is 0.232. The maximum atomic E-state index is 11.9. The van der Waals surface area contributed by atoms with E-state index >= 15 is 0 Å². The summed E-state index contributed by atoms with van der Waals surface area (Å²) in [5.41, 5.74) is 2.46. The first-order valence-corrected chi connectivity index (χ1v) is 8.65. The first-order chi connectivity index (χ1) is 11.2. The Kier molecular flexibility index (Phi) is 3.81. The van der Waals surface area contributed by atoms with Crippen LogP contribution in [0.25, 0.3) is 5.52 Å². The lowest BCUT2D eigenvalue weighted by Crippen LogP contribution is -2.43. The molecule has 1 amide bonds. The Morgan fingerprint density at radius 1 is 1.35 bits per heavy atom. The van der Waals surface area contributed by atoms with Crippen LogP contribution in [-0.4, -0.2) is 50.5 Å². The van der Waals surface area contributed by atoms with Crippen molar-refractivity contribution < 1.29 is 4.79 Å². The monoisotopic (exact) mass is 312 g/mol. The third-order valence-electron chi connectivity index (χ3n) is 5.18. The lowest BCUT2D eigenvalue weighted by molar-refractivity contribution is -0.130. The highest BCUT2D eigenvalue weighted by Gasteiger charge is 2.35. The Labute approximate surface area is 136 Å². The van der Waals surface area contributed by atoms with Crippen LogP contribution in [0.1, 0.15) is 38.2 Å². The molecule has 5 nitrogen and oxygen atoms in total. The Hall–Kier alpha value is -1.88. The summed E-state index contributed by atoms with van der Waals surface area (Å²) in [6, 6.07) is 7.18. The summed E-state index contributed by atoms with van der Waals surface area (Å²) in [5, 5.41) is 4.44. The fraction of sp³-hybridized carbons (Fsp3) is 0.556. The van der Waals surface area contributed by atoms with Crippen LogP contribution in [0.4, 0.5) is 0 Å². The van der Waals surface area contributed by atoms with E-state index in [0.29, 0.717) is 12.1 Å². The quantitative estimate of drug-likeness (QED) is 0.851. The molecular formula is C18H24N4O. The second-order valence-electron chi connectivity index (χ2n) is 6.87. The molecule has 2 aliphatic rings. The van der Waals surface area contributed by atoms with Crippen LogP contribution in [0.3, 0.4) is 0 Å². The topological polar surface area (TPSA) is 40.9 Å². The molecule has 2 fully saturated rings. The van der Waals surface area contributed by atoms with Crippen molar-refractivity contribution in [3.8, 4) is 0 Å². The molecule has 0 aromatic carbocycles. The minimum absolute atomic E-state index is 0.232. The number of likely N-dealkylation sites (tertiary alicyclic amines) is 1. The number of hydrogen-bond donors (Lipinski definition) is 0. The number of carbonyl (C=O) groups is 1. The van der Waals surface area contributed by atoms with Gasteiger partial charge in [0, 0.05) is 43.9 Å². The van der Waals surface area contributed by atoms with Crippen LogP contribution >= 0.6 is 0 Å². The average molecular weight is 312 g/mol. The molecule has 0 N–H and O–H groups in total. The summed E-state index contributed by atoms with van der Waals surface area (Å²) in [6.07, 6.45) is 8.75. The fourth-order valence-electron chi connectivity index (χ4n) is 3.79. The molecule has 0 bridgehead atoms. The zero-order valence-corrected chi connectivity index (χ0v) is 13.7. The Morgan fingerprint density at radius 3 is 3.00 bits per heavy atom. The molecule has 5 heteroatoms. The average Bonchev–Trinajstić information content (AvgIpc) is 3.16. The van der Waals surface area contributed by atoms with Gasteiger partial charge in [0.1, 0.15) is 0 Å². The van der Waals surface area contributed by atoms with Crippen LogP contribution in [0.5, 0.6) is 0 Å². The van der Waals surface area contributed by atoms with Gasteiger partial charge >= 0.3 is 0 Å². The van der Waals surface area contributed by atoms with Crippen LogP contribution in [0, 0.1) is 0 Å². The highest BCUT2D eigenvalue weighted by atomic mass is 16.2. The maximum absolute atomic E-state index is 11.9. The van der Waals surface area contributed by atoms with Gasteiger partial charge in [0.05, 0.1) is 11.7 Å². The molecule has 23 heavy (non-hydrogen) atoms. The summed E-state index contributed by atoms with van der Waals surface area (Å²) in [6.45, 7) is 4.64. The van der Waals surface area contributed by atoms with Gasteiger partial charge in [-0.05, 0) is 44.4 Å². The van der Waals surface area contributed by atoms with Gasteiger partial charge in [-0.15, -0.1) is 0 Å². The fourth-order valence-corrected chi connectivity index (χ4v) is 3.79. The molecule has 2 aromatic heterocycles. The molecular weight excluding hydrogens is 288 g/mol. The first kappa shape index (κ1) is 14.7. The SMILES string of the molecule is CC(=O)N(C[C@H]1CCCN1Cc1cnn2ccccc12)C1CC1. The molecule has 1 saturated carbocycles. The largest absolute Gasteiger partial charge is 0.338 e. The molecule has 1 aliphatic heterocycles. The number of pyridine rings is 1. The molecule has 1 saturated heterocycles. The van der Waals surface area contributed by atoms with Gasteiger partial charge in [-0.2, -0.15) is 5.10 Å². The smallest absolute Gasteiger partial charge is 0.219 e. The van der Waals surface area contributed by atoms with Gasteiger partial charge in [0.15, 0.2) is 0 Å². The van der Waals surface area contributed by atoms with Crippen molar-refractivity contribution in [1.82, 2.24) is 19.4 Å². The number of rotatable bonds is 5. The molecule has 1 aliphatic carbocycles. The van der Waals surface area contributed by atoms with Crippen molar-refractivity contribution in [2.45, 2.75) is 51.2 Å². The Morgan fingerprint density at radius 2 is 2.22 bits per heavy atom. The number of nitrogens with zero attached hydrogens (tertiary/aromatic N) is 4. The number of fused-ring (bicyclic) bond motifs is 1. The predicted octanol–water partition coefficient (Wildman–Crippen LogP) is 2.31. The van der Waals surface area contributed by atoms with Crippen molar-refractivity contribution in [2.75, 3.05) is 13.1 Å². The number of aromatic nitrogens is 2. The van der Waals surface area contributed by atoms with E-state index in [1.807, 2.05) is 23.0 Å². The van der Waals surface area contributed by atoms with Crippen molar-refractivity contribution in [3.63, 3.8) is 0 Å². The molecule has 122 valence electrons. The number of amides is 1. The molecule has 2 aromatic rings. The zero-order chi connectivity index (χ0) is 15.8. The van der Waals surface area contributed by atoms with Gasteiger partial charge in [-0.3, -0.25) is 9.69 Å². The van der Waals surface area contributed by atoms with Gasteiger partial charge in [0.2, 0.25) is 5.91 Å². The van der Waals surface area contributed by atoms with E-state index in [-0.39, 0.29) is 5.91 Å². The molecule has 3 heterocycles. The third kappa shape index (κ3) is 2.98. The van der Waals surface area contributed by atoms with Crippen LogP contribution < -0.4 is 0 Å².